The maximum absolute atomic E-state index is 11.9. The fraction of sp³-hybridized carbons (Fsp3) is 0.667. The van der Waals surface area contributed by atoms with E-state index in [2.05, 4.69) is 18.6 Å². The third-order valence-electron chi connectivity index (χ3n) is 2.60. The molecule has 1 aromatic heterocycles. The summed E-state index contributed by atoms with van der Waals surface area (Å²) in [4.78, 5) is 0.913. The van der Waals surface area contributed by atoms with Crippen molar-refractivity contribution in [2.24, 2.45) is 5.92 Å². The van der Waals surface area contributed by atoms with E-state index in [-0.39, 0.29) is 11.5 Å². The molecule has 1 aromatic rings. The van der Waals surface area contributed by atoms with E-state index >= 15 is 0 Å². The molecular weight excluding hydrogens is 270 g/mol. The Bertz CT molecular complexity index is 452. The van der Waals surface area contributed by atoms with Gasteiger partial charge in [0, 0.05) is 16.8 Å². The van der Waals surface area contributed by atoms with E-state index in [1.54, 1.807) is 5.38 Å². The van der Waals surface area contributed by atoms with Crippen molar-refractivity contribution in [3.05, 3.63) is 16.3 Å². The van der Waals surface area contributed by atoms with Gasteiger partial charge in [-0.1, -0.05) is 26.7 Å². The Morgan fingerprint density at radius 3 is 2.67 bits per heavy atom. The average Bonchev–Trinajstić information content (AvgIpc) is 2.77. The Morgan fingerprint density at radius 2 is 2.11 bits per heavy atom. The van der Waals surface area contributed by atoms with E-state index in [1.807, 2.05) is 0 Å². The van der Waals surface area contributed by atoms with Crippen molar-refractivity contribution in [3.8, 4) is 0 Å². The van der Waals surface area contributed by atoms with Crippen LogP contribution in [-0.2, 0) is 16.6 Å². The molecule has 6 heteroatoms. The zero-order valence-corrected chi connectivity index (χ0v) is 12.5. The molecule has 0 radical (unpaired) electrons. The molecule has 0 unspecified atom stereocenters. The number of aliphatic hydroxyl groups excluding tert-OH is 1. The van der Waals surface area contributed by atoms with E-state index < -0.39 is 10.0 Å². The van der Waals surface area contributed by atoms with Crippen molar-refractivity contribution >= 4 is 21.4 Å². The van der Waals surface area contributed by atoms with Gasteiger partial charge in [-0.25, -0.2) is 13.1 Å². The van der Waals surface area contributed by atoms with E-state index in [9.17, 15) is 8.42 Å². The van der Waals surface area contributed by atoms with Crippen molar-refractivity contribution in [3.63, 3.8) is 0 Å². The molecule has 104 valence electrons. The maximum atomic E-state index is 11.9. The van der Waals surface area contributed by atoms with Crippen LogP contribution in [0.2, 0.25) is 0 Å². The van der Waals surface area contributed by atoms with Gasteiger partial charge in [0.1, 0.15) is 0 Å². The largest absolute Gasteiger partial charge is 0.391 e. The van der Waals surface area contributed by atoms with Gasteiger partial charge in [0.25, 0.3) is 0 Å². The molecule has 0 amide bonds. The summed E-state index contributed by atoms with van der Waals surface area (Å²) in [7, 11) is -3.40. The van der Waals surface area contributed by atoms with Crippen LogP contribution < -0.4 is 4.72 Å². The molecule has 0 aliphatic carbocycles. The quantitative estimate of drug-likeness (QED) is 0.723. The molecule has 0 aliphatic heterocycles. The number of aliphatic hydroxyl groups is 1. The number of nitrogens with one attached hydrogen (secondary N) is 1. The van der Waals surface area contributed by atoms with Crippen LogP contribution in [-0.4, -0.2) is 20.1 Å². The maximum Gasteiger partial charge on any atom is 0.241 e. The zero-order valence-electron chi connectivity index (χ0n) is 10.8. The highest BCUT2D eigenvalue weighted by Gasteiger charge is 2.15. The lowest BCUT2D eigenvalue weighted by Gasteiger charge is -2.06. The van der Waals surface area contributed by atoms with Gasteiger partial charge in [0.2, 0.25) is 10.0 Å². The first-order valence-corrected chi connectivity index (χ1v) is 8.50. The second-order valence-electron chi connectivity index (χ2n) is 4.69. The van der Waals surface area contributed by atoms with E-state index in [1.165, 1.54) is 17.4 Å². The molecule has 0 bridgehead atoms. The predicted octanol–water partition coefficient (Wildman–Crippen LogP) is 2.35. The molecule has 1 rings (SSSR count). The molecule has 0 fully saturated rings. The van der Waals surface area contributed by atoms with E-state index in [4.69, 9.17) is 5.11 Å². The third kappa shape index (κ3) is 5.06. The normalized spacial score (nSPS) is 12.2. The highest BCUT2D eigenvalue weighted by Crippen LogP contribution is 2.19. The molecule has 0 aliphatic rings. The van der Waals surface area contributed by atoms with Crippen molar-refractivity contribution in [2.75, 3.05) is 6.54 Å². The van der Waals surface area contributed by atoms with E-state index in [0.717, 1.165) is 19.3 Å². The monoisotopic (exact) mass is 291 g/mol. The number of hydrogen-bond acceptors (Lipinski definition) is 4. The van der Waals surface area contributed by atoms with Crippen LogP contribution in [0.1, 0.15) is 38.0 Å². The molecule has 0 atom stereocenters. The molecular formula is C12H21NO3S2. The minimum atomic E-state index is -3.40. The van der Waals surface area contributed by atoms with Gasteiger partial charge in [-0.2, -0.15) is 0 Å². The minimum absolute atomic E-state index is 0.116. The summed E-state index contributed by atoms with van der Waals surface area (Å²) in [5.41, 5.74) is 0. The lowest BCUT2D eigenvalue weighted by atomic mass is 10.1. The van der Waals surface area contributed by atoms with E-state index in [0.29, 0.717) is 17.3 Å². The summed E-state index contributed by atoms with van der Waals surface area (Å²) in [5, 5.41) is 10.5. The highest BCUT2D eigenvalue weighted by molar-refractivity contribution is 7.89. The molecule has 0 spiro atoms. The molecule has 0 saturated carbocycles. The van der Waals surface area contributed by atoms with Crippen molar-refractivity contribution < 1.29 is 13.5 Å². The molecule has 18 heavy (non-hydrogen) atoms. The molecule has 4 nitrogen and oxygen atoms in total. The molecule has 0 saturated heterocycles. The molecule has 1 heterocycles. The number of hydrogen-bond donors (Lipinski definition) is 2. The zero-order chi connectivity index (χ0) is 13.6. The Balaban J connectivity index is 2.40. The number of unbranched alkanes of at least 4 members (excludes halogenated alkanes) is 1. The third-order valence-corrected chi connectivity index (χ3v) is 5.11. The van der Waals surface area contributed by atoms with Crippen LogP contribution in [0.15, 0.2) is 16.3 Å². The van der Waals surface area contributed by atoms with Crippen molar-refractivity contribution in [2.45, 2.75) is 44.6 Å². The Hall–Kier alpha value is -0.430. The summed E-state index contributed by atoms with van der Waals surface area (Å²) < 4.78 is 26.3. The van der Waals surface area contributed by atoms with Crippen molar-refractivity contribution in [1.29, 1.82) is 0 Å². The SMILES string of the molecule is CC(C)CCCCNS(=O)(=O)c1csc(CO)c1. The van der Waals surface area contributed by atoms with Crippen LogP contribution >= 0.6 is 11.3 Å². The van der Waals surface area contributed by atoms with Gasteiger partial charge in [-0.3, -0.25) is 0 Å². The van der Waals surface area contributed by atoms with Gasteiger partial charge < -0.3 is 5.11 Å². The summed E-state index contributed by atoms with van der Waals surface area (Å²) in [6.45, 7) is 4.67. The molecule has 0 aromatic carbocycles. The highest BCUT2D eigenvalue weighted by atomic mass is 32.2. The summed E-state index contributed by atoms with van der Waals surface area (Å²) in [6.07, 6.45) is 3.01. The predicted molar refractivity (Wildman–Crippen MR) is 74.1 cm³/mol. The van der Waals surface area contributed by atoms with Gasteiger partial charge in [0.05, 0.1) is 11.5 Å². The fourth-order valence-corrected chi connectivity index (χ4v) is 3.76. The Labute approximate surface area is 113 Å². The summed E-state index contributed by atoms with van der Waals surface area (Å²) >= 11 is 1.25. The first-order chi connectivity index (χ1) is 8.45. The average molecular weight is 291 g/mol. The second kappa shape index (κ2) is 7.23. The van der Waals surface area contributed by atoms with Crippen molar-refractivity contribution in [1.82, 2.24) is 4.72 Å². The minimum Gasteiger partial charge on any atom is -0.391 e. The van der Waals surface area contributed by atoms with Gasteiger partial charge in [-0.05, 0) is 18.4 Å². The smallest absolute Gasteiger partial charge is 0.241 e. The summed E-state index contributed by atoms with van der Waals surface area (Å²) in [6, 6.07) is 1.51. The lowest BCUT2D eigenvalue weighted by molar-refractivity contribution is 0.285. The van der Waals surface area contributed by atoms with Crippen LogP contribution in [0.5, 0.6) is 0 Å². The van der Waals surface area contributed by atoms with Gasteiger partial charge in [0.15, 0.2) is 0 Å². The Morgan fingerprint density at radius 1 is 1.39 bits per heavy atom. The lowest BCUT2D eigenvalue weighted by Crippen LogP contribution is -2.24. The van der Waals surface area contributed by atoms with Gasteiger partial charge >= 0.3 is 0 Å². The summed E-state index contributed by atoms with van der Waals surface area (Å²) in [5.74, 6) is 0.658. The van der Waals surface area contributed by atoms with Crippen LogP contribution in [0, 0.1) is 5.92 Å². The Kier molecular flexibility index (Phi) is 6.28. The first kappa shape index (κ1) is 15.6. The number of rotatable bonds is 8. The number of thiophene rings is 1. The molecule has 2 N–H and O–H groups in total. The number of sulfonamides is 1. The second-order valence-corrected chi connectivity index (χ2v) is 7.46. The fourth-order valence-electron chi connectivity index (χ4n) is 1.55. The van der Waals surface area contributed by atoms with Crippen LogP contribution in [0.25, 0.3) is 0 Å². The van der Waals surface area contributed by atoms with Crippen LogP contribution in [0.3, 0.4) is 0 Å². The van der Waals surface area contributed by atoms with Gasteiger partial charge in [-0.15, -0.1) is 11.3 Å². The standard InChI is InChI=1S/C12H21NO3S2/c1-10(2)5-3-4-6-13-18(15,16)12-7-11(8-14)17-9-12/h7,9-10,13-14H,3-6,8H2,1-2H3. The first-order valence-electron chi connectivity index (χ1n) is 6.13. The topological polar surface area (TPSA) is 66.4 Å². The van der Waals surface area contributed by atoms with Crippen LogP contribution in [0.4, 0.5) is 0 Å².